The van der Waals surface area contributed by atoms with Gasteiger partial charge in [-0.05, 0) is 30.9 Å². The van der Waals surface area contributed by atoms with Crippen LogP contribution in [0.3, 0.4) is 0 Å². The summed E-state index contributed by atoms with van der Waals surface area (Å²) in [6, 6.07) is 8.01. The van der Waals surface area contributed by atoms with Crippen LogP contribution >= 0.6 is 15.9 Å². The van der Waals surface area contributed by atoms with Gasteiger partial charge in [-0.25, -0.2) is 0 Å². The van der Waals surface area contributed by atoms with E-state index in [9.17, 15) is 5.11 Å². The summed E-state index contributed by atoms with van der Waals surface area (Å²) in [6.07, 6.45) is 3.10. The fourth-order valence-electron chi connectivity index (χ4n) is 1.74. The van der Waals surface area contributed by atoms with Crippen LogP contribution in [0.1, 0.15) is 31.7 Å². The lowest BCUT2D eigenvalue weighted by Gasteiger charge is -2.18. The van der Waals surface area contributed by atoms with Gasteiger partial charge in [0.15, 0.2) is 0 Å². The zero-order valence-electron chi connectivity index (χ0n) is 9.70. The van der Waals surface area contributed by atoms with Crippen LogP contribution in [0.2, 0.25) is 0 Å². The molecule has 0 aliphatic heterocycles. The molecular weight excluding hydrogens is 266 g/mol. The molecule has 2 unspecified atom stereocenters. The first kappa shape index (κ1) is 13.7. The van der Waals surface area contributed by atoms with Gasteiger partial charge in [0.05, 0.1) is 6.10 Å². The van der Waals surface area contributed by atoms with Gasteiger partial charge in [-0.3, -0.25) is 0 Å². The Balaban J connectivity index is 2.42. The van der Waals surface area contributed by atoms with Crippen molar-refractivity contribution >= 4 is 15.9 Å². The molecule has 16 heavy (non-hydrogen) atoms. The van der Waals surface area contributed by atoms with Crippen LogP contribution in [-0.4, -0.2) is 17.3 Å². The van der Waals surface area contributed by atoms with E-state index in [1.54, 1.807) is 0 Å². The number of aryl methyl sites for hydroxylation is 1. The van der Waals surface area contributed by atoms with Crippen molar-refractivity contribution in [1.29, 1.82) is 0 Å². The van der Waals surface area contributed by atoms with E-state index in [-0.39, 0.29) is 6.04 Å². The SMILES string of the molecule is CCCC(N)C(O)CCc1ccccc1Br. The molecule has 0 spiro atoms. The van der Waals surface area contributed by atoms with Crippen molar-refractivity contribution in [1.82, 2.24) is 0 Å². The van der Waals surface area contributed by atoms with Crippen LogP contribution in [0.5, 0.6) is 0 Å². The van der Waals surface area contributed by atoms with Crippen molar-refractivity contribution in [2.45, 2.75) is 44.8 Å². The quantitative estimate of drug-likeness (QED) is 0.844. The molecule has 0 saturated heterocycles. The molecule has 1 aromatic rings. The number of nitrogens with two attached hydrogens (primary N) is 1. The average molecular weight is 286 g/mol. The molecule has 0 heterocycles. The summed E-state index contributed by atoms with van der Waals surface area (Å²) in [5.41, 5.74) is 7.10. The van der Waals surface area contributed by atoms with E-state index in [1.807, 2.05) is 18.2 Å². The second-order valence-electron chi connectivity index (χ2n) is 4.15. The van der Waals surface area contributed by atoms with Crippen molar-refractivity contribution in [3.63, 3.8) is 0 Å². The summed E-state index contributed by atoms with van der Waals surface area (Å²) in [4.78, 5) is 0. The van der Waals surface area contributed by atoms with Crippen molar-refractivity contribution in [3.05, 3.63) is 34.3 Å². The van der Waals surface area contributed by atoms with Crippen LogP contribution in [-0.2, 0) is 6.42 Å². The molecular formula is C13H20BrNO. The average Bonchev–Trinajstić information content (AvgIpc) is 2.28. The molecule has 2 atom stereocenters. The molecule has 0 fully saturated rings. The summed E-state index contributed by atoms with van der Waals surface area (Å²) < 4.78 is 1.10. The van der Waals surface area contributed by atoms with Crippen LogP contribution in [0.15, 0.2) is 28.7 Å². The normalized spacial score (nSPS) is 14.8. The van der Waals surface area contributed by atoms with Crippen molar-refractivity contribution in [2.24, 2.45) is 5.73 Å². The van der Waals surface area contributed by atoms with Gasteiger partial charge in [-0.15, -0.1) is 0 Å². The number of hydrogen-bond acceptors (Lipinski definition) is 2. The Bertz CT molecular complexity index is 317. The lowest BCUT2D eigenvalue weighted by atomic mass is 10.00. The summed E-state index contributed by atoms with van der Waals surface area (Å²) in [5.74, 6) is 0. The van der Waals surface area contributed by atoms with Crippen LogP contribution in [0, 0.1) is 0 Å². The number of halogens is 1. The first-order valence-corrected chi connectivity index (χ1v) is 6.61. The van der Waals surface area contributed by atoms with Gasteiger partial charge in [0.1, 0.15) is 0 Å². The fourth-order valence-corrected chi connectivity index (χ4v) is 2.23. The highest BCUT2D eigenvalue weighted by atomic mass is 79.9. The molecule has 0 radical (unpaired) electrons. The van der Waals surface area contributed by atoms with E-state index in [0.29, 0.717) is 0 Å². The molecule has 0 aliphatic rings. The Morgan fingerprint density at radius 2 is 2.00 bits per heavy atom. The predicted molar refractivity (Wildman–Crippen MR) is 71.4 cm³/mol. The third-order valence-electron chi connectivity index (χ3n) is 2.78. The minimum absolute atomic E-state index is 0.0903. The minimum Gasteiger partial charge on any atom is -0.392 e. The predicted octanol–water partition coefficient (Wildman–Crippen LogP) is 2.87. The molecule has 3 N–H and O–H groups in total. The third kappa shape index (κ3) is 4.24. The number of rotatable bonds is 6. The smallest absolute Gasteiger partial charge is 0.0694 e. The molecule has 1 rings (SSSR count). The monoisotopic (exact) mass is 285 g/mol. The molecule has 0 aromatic heterocycles. The highest BCUT2D eigenvalue weighted by molar-refractivity contribution is 9.10. The lowest BCUT2D eigenvalue weighted by molar-refractivity contribution is 0.131. The fraction of sp³-hybridized carbons (Fsp3) is 0.538. The van der Waals surface area contributed by atoms with Crippen molar-refractivity contribution in [3.8, 4) is 0 Å². The molecule has 90 valence electrons. The number of hydrogen-bond donors (Lipinski definition) is 2. The maximum absolute atomic E-state index is 9.86. The van der Waals surface area contributed by atoms with Gasteiger partial charge >= 0.3 is 0 Å². The lowest BCUT2D eigenvalue weighted by Crippen LogP contribution is -2.34. The van der Waals surface area contributed by atoms with E-state index in [1.165, 1.54) is 5.56 Å². The van der Waals surface area contributed by atoms with E-state index < -0.39 is 6.10 Å². The second-order valence-corrected chi connectivity index (χ2v) is 5.00. The molecule has 0 saturated carbocycles. The van der Waals surface area contributed by atoms with Crippen LogP contribution in [0.25, 0.3) is 0 Å². The van der Waals surface area contributed by atoms with E-state index >= 15 is 0 Å². The summed E-state index contributed by atoms with van der Waals surface area (Å²) >= 11 is 3.50. The van der Waals surface area contributed by atoms with Crippen molar-refractivity contribution in [2.75, 3.05) is 0 Å². The first-order chi connectivity index (χ1) is 7.65. The van der Waals surface area contributed by atoms with Gasteiger partial charge in [0.2, 0.25) is 0 Å². The Labute approximate surface area is 106 Å². The number of benzene rings is 1. The van der Waals surface area contributed by atoms with Crippen LogP contribution < -0.4 is 5.73 Å². The molecule has 1 aromatic carbocycles. The summed E-state index contributed by atoms with van der Waals surface area (Å²) in [6.45, 7) is 2.08. The standard InChI is InChI=1S/C13H20BrNO/c1-2-5-12(15)13(16)9-8-10-6-3-4-7-11(10)14/h3-4,6-7,12-13,16H,2,5,8-9,15H2,1H3. The highest BCUT2D eigenvalue weighted by Gasteiger charge is 2.13. The maximum atomic E-state index is 9.86. The van der Waals surface area contributed by atoms with E-state index in [0.717, 1.165) is 30.2 Å². The minimum atomic E-state index is -0.396. The number of aliphatic hydroxyl groups is 1. The zero-order valence-corrected chi connectivity index (χ0v) is 11.3. The Hall–Kier alpha value is -0.380. The van der Waals surface area contributed by atoms with Gasteiger partial charge in [-0.1, -0.05) is 47.5 Å². The van der Waals surface area contributed by atoms with E-state index in [4.69, 9.17) is 5.73 Å². The highest BCUT2D eigenvalue weighted by Crippen LogP contribution is 2.18. The van der Waals surface area contributed by atoms with Gasteiger partial charge in [-0.2, -0.15) is 0 Å². The zero-order chi connectivity index (χ0) is 12.0. The second kappa shape index (κ2) is 7.05. The van der Waals surface area contributed by atoms with Crippen LogP contribution in [0.4, 0.5) is 0 Å². The van der Waals surface area contributed by atoms with Gasteiger partial charge in [0, 0.05) is 10.5 Å². The molecule has 0 amide bonds. The molecule has 0 aliphatic carbocycles. The third-order valence-corrected chi connectivity index (χ3v) is 3.56. The van der Waals surface area contributed by atoms with Gasteiger partial charge in [0.25, 0.3) is 0 Å². The summed E-state index contributed by atoms with van der Waals surface area (Å²) in [5, 5.41) is 9.86. The molecule has 3 heteroatoms. The van der Waals surface area contributed by atoms with Gasteiger partial charge < -0.3 is 10.8 Å². The van der Waals surface area contributed by atoms with E-state index in [2.05, 4.69) is 28.9 Å². The Morgan fingerprint density at radius 1 is 1.31 bits per heavy atom. The topological polar surface area (TPSA) is 46.2 Å². The maximum Gasteiger partial charge on any atom is 0.0694 e. The summed E-state index contributed by atoms with van der Waals surface area (Å²) in [7, 11) is 0. The molecule has 0 bridgehead atoms. The largest absolute Gasteiger partial charge is 0.392 e. The first-order valence-electron chi connectivity index (χ1n) is 5.82. The number of aliphatic hydroxyl groups excluding tert-OH is 1. The Morgan fingerprint density at radius 3 is 2.62 bits per heavy atom. The molecule has 2 nitrogen and oxygen atoms in total. The van der Waals surface area contributed by atoms with Crippen molar-refractivity contribution < 1.29 is 5.11 Å². The Kier molecular flexibility index (Phi) is 6.03.